The minimum Gasteiger partial charge on any atom is -0.459 e. The largest absolute Gasteiger partial charge is 0.459 e. The summed E-state index contributed by atoms with van der Waals surface area (Å²) in [6.45, 7) is 1.63. The Hall–Kier alpha value is -1.45. The van der Waals surface area contributed by atoms with Crippen LogP contribution in [0.15, 0.2) is 39.7 Å². The van der Waals surface area contributed by atoms with Gasteiger partial charge in [-0.05, 0) is 19.1 Å². The second kappa shape index (κ2) is 8.42. The van der Waals surface area contributed by atoms with Gasteiger partial charge in [-0.3, -0.25) is 4.99 Å². The molecule has 1 heterocycles. The molecule has 2 aromatic rings. The second-order valence-electron chi connectivity index (χ2n) is 4.92. The number of nitrogens with zero attached hydrogens (tertiary/aromatic N) is 1. The number of hydrogen-bond acceptors (Lipinski definition) is 2. The van der Waals surface area contributed by atoms with E-state index >= 15 is 0 Å². The first-order valence-corrected chi connectivity index (χ1v) is 6.91. The molecule has 0 saturated heterocycles. The van der Waals surface area contributed by atoms with Crippen molar-refractivity contribution in [3.8, 4) is 0 Å². The first kappa shape index (κ1) is 19.6. The number of rotatable bonds is 4. The van der Waals surface area contributed by atoms with E-state index in [1.54, 1.807) is 0 Å². The maximum absolute atomic E-state index is 12.1. The minimum absolute atomic E-state index is 0. The van der Waals surface area contributed by atoms with Gasteiger partial charge < -0.3 is 15.1 Å². The lowest BCUT2D eigenvalue weighted by atomic mass is 10.2. The van der Waals surface area contributed by atoms with Crippen LogP contribution in [0.1, 0.15) is 25.1 Å². The van der Waals surface area contributed by atoms with Crippen LogP contribution in [0.4, 0.5) is 13.2 Å². The molecule has 1 aromatic carbocycles. The van der Waals surface area contributed by atoms with Crippen LogP contribution in [0, 0.1) is 0 Å². The molecule has 1 aromatic heterocycles. The summed E-state index contributed by atoms with van der Waals surface area (Å²) < 4.78 is 42.1. The van der Waals surface area contributed by atoms with Crippen molar-refractivity contribution in [2.75, 3.05) is 13.6 Å². The van der Waals surface area contributed by atoms with Crippen molar-refractivity contribution in [2.24, 2.45) is 4.99 Å². The van der Waals surface area contributed by atoms with Crippen LogP contribution in [0.2, 0.25) is 0 Å². The number of furan rings is 1. The smallest absolute Gasteiger partial charge is 0.390 e. The molecule has 8 heteroatoms. The van der Waals surface area contributed by atoms with E-state index in [4.69, 9.17) is 4.42 Å². The lowest BCUT2D eigenvalue weighted by Crippen LogP contribution is -2.40. The Balaban J connectivity index is 0.00000264. The molecule has 0 aliphatic carbocycles. The summed E-state index contributed by atoms with van der Waals surface area (Å²) >= 11 is 0. The number of alkyl halides is 3. The zero-order valence-corrected chi connectivity index (χ0v) is 15.1. The summed E-state index contributed by atoms with van der Waals surface area (Å²) in [6.07, 6.45) is -5.09. The summed E-state index contributed by atoms with van der Waals surface area (Å²) in [6, 6.07) is 9.27. The van der Waals surface area contributed by atoms with Crippen molar-refractivity contribution in [1.82, 2.24) is 10.6 Å². The van der Waals surface area contributed by atoms with Gasteiger partial charge in [-0.25, -0.2) is 0 Å². The average molecular weight is 441 g/mol. The van der Waals surface area contributed by atoms with E-state index in [2.05, 4.69) is 15.6 Å². The zero-order chi connectivity index (χ0) is 16.2. The van der Waals surface area contributed by atoms with Gasteiger partial charge in [0.15, 0.2) is 5.96 Å². The second-order valence-corrected chi connectivity index (χ2v) is 4.92. The Kier molecular flexibility index (Phi) is 7.17. The molecule has 1 unspecified atom stereocenters. The summed E-state index contributed by atoms with van der Waals surface area (Å²) in [5.41, 5.74) is 0.770. The average Bonchev–Trinajstić information content (AvgIpc) is 2.88. The highest BCUT2D eigenvalue weighted by molar-refractivity contribution is 14.0. The van der Waals surface area contributed by atoms with Crippen LogP contribution in [-0.4, -0.2) is 25.7 Å². The maximum Gasteiger partial charge on any atom is 0.390 e. The standard InChI is InChI=1S/C15H18F3N3O.HI/c1-10(13-9-11-5-3-4-6-12(11)22-13)21-14(19-2)20-8-7-15(16,17)18;/h3-6,9-10H,7-8H2,1-2H3,(H2,19,20,21);1H. The monoisotopic (exact) mass is 441 g/mol. The van der Waals surface area contributed by atoms with Gasteiger partial charge in [0.2, 0.25) is 0 Å². The van der Waals surface area contributed by atoms with E-state index in [1.165, 1.54) is 7.05 Å². The normalized spacial score (nSPS) is 13.5. The van der Waals surface area contributed by atoms with Crippen molar-refractivity contribution in [3.05, 3.63) is 36.1 Å². The van der Waals surface area contributed by atoms with E-state index < -0.39 is 12.6 Å². The number of hydrogen-bond donors (Lipinski definition) is 2. The summed E-state index contributed by atoms with van der Waals surface area (Å²) in [5.74, 6) is 0.997. The molecule has 4 nitrogen and oxygen atoms in total. The van der Waals surface area contributed by atoms with Crippen LogP contribution in [0.5, 0.6) is 0 Å². The van der Waals surface area contributed by atoms with E-state index in [0.717, 1.165) is 11.0 Å². The maximum atomic E-state index is 12.1. The number of fused-ring (bicyclic) bond motifs is 1. The third-order valence-electron chi connectivity index (χ3n) is 3.15. The fourth-order valence-corrected chi connectivity index (χ4v) is 2.01. The Morgan fingerprint density at radius 2 is 2.00 bits per heavy atom. The lowest BCUT2D eigenvalue weighted by molar-refractivity contribution is -0.132. The molecule has 0 spiro atoms. The minimum atomic E-state index is -4.18. The van der Waals surface area contributed by atoms with Crippen LogP contribution in [-0.2, 0) is 0 Å². The van der Waals surface area contributed by atoms with Crippen LogP contribution in [0.25, 0.3) is 11.0 Å². The van der Waals surface area contributed by atoms with Gasteiger partial charge in [-0.1, -0.05) is 18.2 Å². The predicted molar refractivity (Wildman–Crippen MR) is 95.2 cm³/mol. The van der Waals surface area contributed by atoms with Gasteiger partial charge in [-0.2, -0.15) is 13.2 Å². The van der Waals surface area contributed by atoms with Gasteiger partial charge >= 0.3 is 6.18 Å². The first-order chi connectivity index (χ1) is 10.4. The molecule has 0 fully saturated rings. The molecular weight excluding hydrogens is 422 g/mol. The van der Waals surface area contributed by atoms with E-state index in [-0.39, 0.29) is 36.6 Å². The fourth-order valence-electron chi connectivity index (χ4n) is 2.01. The number of guanidine groups is 1. The van der Waals surface area contributed by atoms with Gasteiger partial charge in [0.25, 0.3) is 0 Å². The Morgan fingerprint density at radius 1 is 1.30 bits per heavy atom. The van der Waals surface area contributed by atoms with Crippen LogP contribution in [0.3, 0.4) is 0 Å². The summed E-state index contributed by atoms with van der Waals surface area (Å²) in [5, 5.41) is 6.62. The SMILES string of the molecule is CN=C(NCCC(F)(F)F)NC(C)c1cc2ccccc2o1.I. The van der Waals surface area contributed by atoms with E-state index in [9.17, 15) is 13.2 Å². The molecule has 2 rings (SSSR count). The number of nitrogens with one attached hydrogen (secondary N) is 2. The van der Waals surface area contributed by atoms with Crippen LogP contribution >= 0.6 is 24.0 Å². The van der Waals surface area contributed by atoms with Gasteiger partial charge in [0.05, 0.1) is 12.5 Å². The lowest BCUT2D eigenvalue weighted by Gasteiger charge is -2.16. The molecule has 0 radical (unpaired) electrons. The van der Waals surface area contributed by atoms with Gasteiger partial charge in [0, 0.05) is 19.0 Å². The highest BCUT2D eigenvalue weighted by Crippen LogP contribution is 2.23. The molecule has 0 amide bonds. The molecule has 128 valence electrons. The molecule has 0 bridgehead atoms. The van der Waals surface area contributed by atoms with E-state index in [1.807, 2.05) is 37.3 Å². The van der Waals surface area contributed by atoms with Crippen molar-refractivity contribution in [3.63, 3.8) is 0 Å². The van der Waals surface area contributed by atoms with Crippen molar-refractivity contribution in [2.45, 2.75) is 25.6 Å². The third kappa shape index (κ3) is 5.92. The van der Waals surface area contributed by atoms with E-state index in [0.29, 0.717) is 11.7 Å². The molecular formula is C15H19F3IN3O. The molecule has 0 aliphatic rings. The number of aliphatic imine (C=N–C) groups is 1. The van der Waals surface area contributed by atoms with Crippen molar-refractivity contribution >= 4 is 40.9 Å². The predicted octanol–water partition coefficient (Wildman–Crippen LogP) is 4.23. The Bertz CT molecular complexity index is 622. The highest BCUT2D eigenvalue weighted by Gasteiger charge is 2.26. The van der Waals surface area contributed by atoms with Gasteiger partial charge in [-0.15, -0.1) is 24.0 Å². The summed E-state index contributed by atoms with van der Waals surface area (Å²) in [4.78, 5) is 3.91. The fraction of sp³-hybridized carbons (Fsp3) is 0.400. The summed E-state index contributed by atoms with van der Waals surface area (Å²) in [7, 11) is 1.51. The molecule has 23 heavy (non-hydrogen) atoms. The number of para-hydroxylation sites is 1. The Morgan fingerprint density at radius 3 is 2.61 bits per heavy atom. The van der Waals surface area contributed by atoms with Crippen molar-refractivity contribution in [1.29, 1.82) is 0 Å². The first-order valence-electron chi connectivity index (χ1n) is 6.91. The zero-order valence-electron chi connectivity index (χ0n) is 12.8. The number of benzene rings is 1. The number of halogens is 4. The molecule has 0 aliphatic heterocycles. The quantitative estimate of drug-likeness (QED) is 0.424. The Labute approximate surface area is 149 Å². The molecule has 0 saturated carbocycles. The topological polar surface area (TPSA) is 49.6 Å². The highest BCUT2D eigenvalue weighted by atomic mass is 127. The third-order valence-corrected chi connectivity index (χ3v) is 3.15. The molecule has 2 N–H and O–H groups in total. The van der Waals surface area contributed by atoms with Gasteiger partial charge in [0.1, 0.15) is 11.3 Å². The molecule has 1 atom stereocenters. The van der Waals surface area contributed by atoms with Crippen molar-refractivity contribution < 1.29 is 17.6 Å². The van der Waals surface area contributed by atoms with Crippen LogP contribution < -0.4 is 10.6 Å².